The molecule has 0 N–H and O–H groups in total. The van der Waals surface area contributed by atoms with Crippen molar-refractivity contribution >= 4 is 12.0 Å². The van der Waals surface area contributed by atoms with Gasteiger partial charge in [-0.25, -0.2) is 0 Å². The summed E-state index contributed by atoms with van der Waals surface area (Å²) in [4.78, 5) is 3.71. The highest BCUT2D eigenvalue weighted by Crippen LogP contribution is 2.13. The second-order valence-corrected chi connectivity index (χ2v) is 4.61. The Labute approximate surface area is 126 Å². The molecule has 0 amide bonds. The number of hydrogen-bond acceptors (Lipinski definition) is 5. The first kappa shape index (κ1) is 13.8. The Kier molecular flexibility index (Phi) is 3.82. The summed E-state index contributed by atoms with van der Waals surface area (Å²) in [5, 5.41) is 15.5. The Balaban J connectivity index is 1.74. The van der Waals surface area contributed by atoms with Crippen LogP contribution in [0.5, 0.6) is 5.75 Å². The van der Waals surface area contributed by atoms with Crippen LogP contribution in [0.25, 0.3) is 5.69 Å². The Hall–Kier alpha value is -3.15. The SMILES string of the molecule is Cc1ccc(O/C([O-])=N/c2c[n+](-c3ccccc3)no2)cc1. The number of benzene rings is 2. The number of para-hydroxylation sites is 1. The van der Waals surface area contributed by atoms with Crippen molar-refractivity contribution in [3.05, 3.63) is 66.4 Å². The van der Waals surface area contributed by atoms with E-state index in [2.05, 4.69) is 10.3 Å². The van der Waals surface area contributed by atoms with Gasteiger partial charge in [0.1, 0.15) is 0 Å². The molecule has 0 bridgehead atoms. The zero-order valence-electron chi connectivity index (χ0n) is 11.8. The summed E-state index contributed by atoms with van der Waals surface area (Å²) < 4.78 is 11.6. The Bertz CT molecular complexity index is 780. The lowest BCUT2D eigenvalue weighted by Gasteiger charge is -2.13. The van der Waals surface area contributed by atoms with Crippen LogP contribution in [0.15, 0.2) is 70.3 Å². The quantitative estimate of drug-likeness (QED) is 0.418. The molecule has 1 aromatic heterocycles. The molecule has 0 saturated carbocycles. The first-order chi connectivity index (χ1) is 10.7. The summed E-state index contributed by atoms with van der Waals surface area (Å²) in [5.41, 5.74) is 1.88. The van der Waals surface area contributed by atoms with Crippen LogP contribution in [0, 0.1) is 6.92 Å². The average Bonchev–Trinajstić information content (AvgIpc) is 2.99. The fourth-order valence-electron chi connectivity index (χ4n) is 1.81. The van der Waals surface area contributed by atoms with E-state index in [1.807, 2.05) is 49.4 Å². The molecule has 0 aliphatic rings. The highest BCUT2D eigenvalue weighted by Gasteiger charge is 2.13. The molecule has 0 atom stereocenters. The maximum atomic E-state index is 11.7. The van der Waals surface area contributed by atoms with Crippen molar-refractivity contribution in [3.63, 3.8) is 0 Å². The number of ether oxygens (including phenoxy) is 1. The molecule has 0 radical (unpaired) electrons. The van der Waals surface area contributed by atoms with Crippen LogP contribution in [0.1, 0.15) is 5.56 Å². The molecule has 1 heterocycles. The monoisotopic (exact) mass is 295 g/mol. The predicted octanol–water partition coefficient (Wildman–Crippen LogP) is 1.69. The second kappa shape index (κ2) is 6.09. The molecular formula is C16H13N3O3. The van der Waals surface area contributed by atoms with Gasteiger partial charge in [0.2, 0.25) is 11.0 Å². The number of nitrogens with zero attached hydrogens (tertiary/aromatic N) is 3. The van der Waals surface area contributed by atoms with Gasteiger partial charge in [0.15, 0.2) is 6.08 Å². The van der Waals surface area contributed by atoms with Gasteiger partial charge < -0.3 is 9.84 Å². The van der Waals surface area contributed by atoms with Gasteiger partial charge in [0, 0.05) is 17.9 Å². The molecule has 3 rings (SSSR count). The smallest absolute Gasteiger partial charge is 0.323 e. The molecule has 22 heavy (non-hydrogen) atoms. The molecule has 6 heteroatoms. The lowest BCUT2D eigenvalue weighted by Crippen LogP contribution is -2.31. The van der Waals surface area contributed by atoms with E-state index in [0.717, 1.165) is 11.3 Å². The summed E-state index contributed by atoms with van der Waals surface area (Å²) in [6.45, 7) is 1.95. The van der Waals surface area contributed by atoms with E-state index in [-0.39, 0.29) is 5.88 Å². The topological polar surface area (TPSA) is 74.6 Å². The number of aromatic nitrogens is 2. The summed E-state index contributed by atoms with van der Waals surface area (Å²) in [7, 11) is 0. The third kappa shape index (κ3) is 3.29. The fourth-order valence-corrected chi connectivity index (χ4v) is 1.81. The summed E-state index contributed by atoms with van der Waals surface area (Å²) >= 11 is 0. The highest BCUT2D eigenvalue weighted by molar-refractivity contribution is 5.68. The van der Waals surface area contributed by atoms with Crippen molar-refractivity contribution in [1.82, 2.24) is 5.27 Å². The van der Waals surface area contributed by atoms with Gasteiger partial charge in [-0.05, 0) is 23.7 Å². The number of aryl methyl sites for hydroxylation is 1. The van der Waals surface area contributed by atoms with Crippen molar-refractivity contribution in [2.75, 3.05) is 0 Å². The van der Waals surface area contributed by atoms with Crippen molar-refractivity contribution in [2.24, 2.45) is 4.99 Å². The lowest BCUT2D eigenvalue weighted by atomic mass is 10.2. The van der Waals surface area contributed by atoms with Gasteiger partial charge in [0.25, 0.3) is 6.20 Å². The molecule has 0 saturated heterocycles. The second-order valence-electron chi connectivity index (χ2n) is 4.61. The minimum atomic E-state index is -0.764. The first-order valence-corrected chi connectivity index (χ1v) is 6.65. The number of hydrogen-bond donors (Lipinski definition) is 0. The molecule has 3 aromatic rings. The van der Waals surface area contributed by atoms with Crippen LogP contribution in [0.3, 0.4) is 0 Å². The predicted molar refractivity (Wildman–Crippen MR) is 76.9 cm³/mol. The van der Waals surface area contributed by atoms with Gasteiger partial charge in [0.05, 0.1) is 0 Å². The molecule has 0 spiro atoms. The van der Waals surface area contributed by atoms with E-state index < -0.39 is 6.08 Å². The zero-order chi connectivity index (χ0) is 15.4. The van der Waals surface area contributed by atoms with Gasteiger partial charge in [-0.2, -0.15) is 4.99 Å². The molecule has 0 aliphatic heterocycles. The van der Waals surface area contributed by atoms with Crippen molar-refractivity contribution in [1.29, 1.82) is 0 Å². The Morgan fingerprint density at radius 3 is 2.59 bits per heavy atom. The first-order valence-electron chi connectivity index (χ1n) is 6.65. The van der Waals surface area contributed by atoms with Crippen LogP contribution in [-0.4, -0.2) is 11.4 Å². The fraction of sp³-hybridized carbons (Fsp3) is 0.0625. The van der Waals surface area contributed by atoms with E-state index in [1.54, 1.807) is 12.1 Å². The molecule has 6 nitrogen and oxygen atoms in total. The van der Waals surface area contributed by atoms with Crippen LogP contribution < -0.4 is 14.5 Å². The van der Waals surface area contributed by atoms with E-state index in [0.29, 0.717) is 5.75 Å². The third-order valence-corrected chi connectivity index (χ3v) is 2.90. The van der Waals surface area contributed by atoms with Gasteiger partial charge in [-0.3, -0.25) is 4.52 Å². The van der Waals surface area contributed by atoms with E-state index in [4.69, 9.17) is 9.26 Å². The third-order valence-electron chi connectivity index (χ3n) is 2.90. The average molecular weight is 295 g/mol. The van der Waals surface area contributed by atoms with E-state index in [1.165, 1.54) is 10.9 Å². The summed E-state index contributed by atoms with van der Waals surface area (Å²) in [5.74, 6) is 0.496. The summed E-state index contributed by atoms with van der Waals surface area (Å²) in [6.07, 6.45) is 0.742. The zero-order valence-corrected chi connectivity index (χ0v) is 11.8. The molecule has 0 unspecified atom stereocenters. The van der Waals surface area contributed by atoms with E-state index >= 15 is 0 Å². The lowest BCUT2D eigenvalue weighted by molar-refractivity contribution is -0.670. The largest absolute Gasteiger partial charge is 0.566 e. The molecule has 0 fully saturated rings. The maximum Gasteiger partial charge on any atom is 0.323 e. The van der Waals surface area contributed by atoms with Crippen molar-refractivity contribution in [2.45, 2.75) is 6.92 Å². The number of aliphatic imine (C=N–C) groups is 1. The van der Waals surface area contributed by atoms with Crippen LogP contribution >= 0.6 is 0 Å². The van der Waals surface area contributed by atoms with Crippen LogP contribution in [0.4, 0.5) is 5.88 Å². The molecule has 2 aromatic carbocycles. The van der Waals surface area contributed by atoms with Crippen LogP contribution in [-0.2, 0) is 0 Å². The Morgan fingerprint density at radius 1 is 1.14 bits per heavy atom. The van der Waals surface area contributed by atoms with E-state index in [9.17, 15) is 5.11 Å². The number of rotatable bonds is 3. The van der Waals surface area contributed by atoms with Crippen molar-refractivity contribution in [3.8, 4) is 11.4 Å². The maximum absolute atomic E-state index is 11.7. The normalized spacial score (nSPS) is 11.4. The minimum Gasteiger partial charge on any atom is -0.566 e. The molecular weight excluding hydrogens is 282 g/mol. The van der Waals surface area contributed by atoms with Crippen molar-refractivity contribution < 1.29 is 19.0 Å². The molecule has 0 aliphatic carbocycles. The van der Waals surface area contributed by atoms with Gasteiger partial charge >= 0.3 is 5.88 Å². The standard InChI is InChI=1S/C16H13N3O3/c1-12-7-9-14(10-8-12)21-16(20)17-15-11-19(18-22-15)13-5-3-2-4-6-13/h2-11H,1H3. The van der Waals surface area contributed by atoms with Gasteiger partial charge in [-0.15, -0.1) is 0 Å². The van der Waals surface area contributed by atoms with Crippen LogP contribution in [0.2, 0.25) is 0 Å². The Morgan fingerprint density at radius 2 is 1.86 bits per heavy atom. The highest BCUT2D eigenvalue weighted by atomic mass is 16.6. The van der Waals surface area contributed by atoms with Gasteiger partial charge in [-0.1, -0.05) is 35.9 Å². The molecule has 110 valence electrons. The summed E-state index contributed by atoms with van der Waals surface area (Å²) in [6, 6.07) is 16.5. The minimum absolute atomic E-state index is 0.0703.